The molecule has 3 aromatic carbocycles. The number of methoxy groups -OCH3 is 4. The van der Waals surface area contributed by atoms with Crippen molar-refractivity contribution in [2.75, 3.05) is 33.3 Å². The number of anilines is 1. The van der Waals surface area contributed by atoms with Crippen LogP contribution in [0.1, 0.15) is 29.2 Å². The van der Waals surface area contributed by atoms with Gasteiger partial charge < -0.3 is 34.3 Å². The third-order valence-electron chi connectivity index (χ3n) is 6.33. The van der Waals surface area contributed by atoms with Gasteiger partial charge in [-0.2, -0.15) is 0 Å². The predicted molar refractivity (Wildman–Crippen MR) is 142 cm³/mol. The highest BCUT2D eigenvalue weighted by atomic mass is 35.5. The summed E-state index contributed by atoms with van der Waals surface area (Å²) in [6, 6.07) is 15.9. The van der Waals surface area contributed by atoms with E-state index in [-0.39, 0.29) is 13.0 Å². The second-order valence-corrected chi connectivity index (χ2v) is 9.00. The fourth-order valence-electron chi connectivity index (χ4n) is 4.56. The van der Waals surface area contributed by atoms with Crippen molar-refractivity contribution < 1.29 is 33.3 Å². The minimum atomic E-state index is -1.18. The molecule has 0 bridgehead atoms. The number of nitrogens with two attached hydrogens (primary N) is 1. The van der Waals surface area contributed by atoms with Crippen molar-refractivity contribution in [3.05, 3.63) is 76.3 Å². The zero-order valence-electron chi connectivity index (χ0n) is 21.5. The maximum atomic E-state index is 13.9. The number of amides is 2. The molecule has 3 aromatic rings. The van der Waals surface area contributed by atoms with Crippen LogP contribution in [0.2, 0.25) is 5.02 Å². The first-order valence-electron chi connectivity index (χ1n) is 11.8. The normalized spacial score (nSPS) is 16.9. The van der Waals surface area contributed by atoms with Crippen LogP contribution in [-0.2, 0) is 20.9 Å². The minimum absolute atomic E-state index is 0.126. The maximum Gasteiger partial charge on any atom is 0.257 e. The third-order valence-corrected chi connectivity index (χ3v) is 6.56. The van der Waals surface area contributed by atoms with Gasteiger partial charge in [-0.15, -0.1) is 0 Å². The molecule has 0 saturated carbocycles. The lowest BCUT2D eigenvalue weighted by atomic mass is 9.97. The van der Waals surface area contributed by atoms with Crippen molar-refractivity contribution >= 4 is 29.1 Å². The molecular formula is C28H29ClN2O7. The number of nitrogens with zero attached hydrogens (tertiary/aromatic N) is 1. The van der Waals surface area contributed by atoms with E-state index in [1.165, 1.54) is 14.2 Å². The van der Waals surface area contributed by atoms with Gasteiger partial charge in [0.05, 0.1) is 47.1 Å². The molecule has 0 saturated heterocycles. The van der Waals surface area contributed by atoms with E-state index in [9.17, 15) is 9.59 Å². The number of hydrogen-bond acceptors (Lipinski definition) is 7. The largest absolute Gasteiger partial charge is 0.497 e. The summed E-state index contributed by atoms with van der Waals surface area (Å²) in [6.45, 7) is 0.126. The number of benzene rings is 3. The number of primary amides is 1. The molecule has 4 rings (SSSR count). The summed E-state index contributed by atoms with van der Waals surface area (Å²) in [6.07, 6.45) is -2.33. The molecule has 0 unspecified atom stereocenters. The summed E-state index contributed by atoms with van der Waals surface area (Å²) < 4.78 is 28.4. The zero-order valence-corrected chi connectivity index (χ0v) is 22.3. The number of halogens is 1. The molecule has 1 aliphatic heterocycles. The van der Waals surface area contributed by atoms with Gasteiger partial charge in [0.15, 0.2) is 11.5 Å². The molecule has 0 aromatic heterocycles. The Bertz CT molecular complexity index is 1350. The Hall–Kier alpha value is -3.95. The summed E-state index contributed by atoms with van der Waals surface area (Å²) in [5.41, 5.74) is 8.02. The SMILES string of the molecule is COc1ccc(CN2C(=O)[C@H](CC(N)=O)O[C@@H](c3cccc(OC)c3OC)c3cc(Cl)ccc32)c(OC)c1. The van der Waals surface area contributed by atoms with E-state index >= 15 is 0 Å². The number of fused-ring (bicyclic) bond motifs is 1. The molecular weight excluding hydrogens is 512 g/mol. The van der Waals surface area contributed by atoms with Gasteiger partial charge in [0.1, 0.15) is 23.7 Å². The van der Waals surface area contributed by atoms with Crippen molar-refractivity contribution in [1.82, 2.24) is 0 Å². The molecule has 9 nitrogen and oxygen atoms in total. The smallest absolute Gasteiger partial charge is 0.257 e. The van der Waals surface area contributed by atoms with Crippen LogP contribution < -0.4 is 29.6 Å². The molecule has 2 amide bonds. The maximum absolute atomic E-state index is 13.9. The molecule has 200 valence electrons. The second kappa shape index (κ2) is 11.6. The van der Waals surface area contributed by atoms with Crippen molar-refractivity contribution in [3.8, 4) is 23.0 Å². The predicted octanol–water partition coefficient (Wildman–Crippen LogP) is 4.27. The highest BCUT2D eigenvalue weighted by molar-refractivity contribution is 6.30. The lowest BCUT2D eigenvalue weighted by Gasteiger charge is -2.26. The fourth-order valence-corrected chi connectivity index (χ4v) is 4.74. The van der Waals surface area contributed by atoms with Crippen LogP contribution in [0.15, 0.2) is 54.6 Å². The van der Waals surface area contributed by atoms with Crippen LogP contribution in [-0.4, -0.2) is 46.4 Å². The van der Waals surface area contributed by atoms with Crippen LogP contribution in [0.25, 0.3) is 0 Å². The molecule has 0 fully saturated rings. The average molecular weight is 541 g/mol. The van der Waals surface area contributed by atoms with Crippen molar-refractivity contribution in [3.63, 3.8) is 0 Å². The van der Waals surface area contributed by atoms with Crippen LogP contribution in [0, 0.1) is 0 Å². The summed E-state index contributed by atoms with van der Waals surface area (Å²) in [5, 5.41) is 0.446. The standard InChI is InChI=1S/C28H29ClN2O7/c1-34-18-10-8-16(23(13-18)36-3)15-31-21-11-9-17(29)12-20(21)26(38-24(28(31)33)14-25(30)32)19-6-5-7-22(35-2)27(19)37-4/h5-13,24,26H,14-15H2,1-4H3,(H2,30,32)/t24-,26-/m0/s1. The number of para-hydroxylation sites is 1. The Morgan fingerprint density at radius 3 is 2.37 bits per heavy atom. The monoisotopic (exact) mass is 540 g/mol. The first-order chi connectivity index (χ1) is 18.3. The molecule has 1 aliphatic rings. The molecule has 0 spiro atoms. The van der Waals surface area contributed by atoms with Crippen molar-refractivity contribution in [1.29, 1.82) is 0 Å². The molecule has 38 heavy (non-hydrogen) atoms. The van der Waals surface area contributed by atoms with E-state index in [1.54, 1.807) is 61.6 Å². The Morgan fingerprint density at radius 1 is 0.947 bits per heavy atom. The summed E-state index contributed by atoms with van der Waals surface area (Å²) >= 11 is 6.44. The number of carbonyl (C=O) groups is 2. The van der Waals surface area contributed by atoms with Gasteiger partial charge >= 0.3 is 0 Å². The van der Waals surface area contributed by atoms with Gasteiger partial charge in [0.2, 0.25) is 5.91 Å². The number of rotatable bonds is 9. The Morgan fingerprint density at radius 2 is 1.71 bits per heavy atom. The van der Waals surface area contributed by atoms with Gasteiger partial charge in [-0.1, -0.05) is 23.7 Å². The molecule has 1 heterocycles. The second-order valence-electron chi connectivity index (χ2n) is 8.56. The summed E-state index contributed by atoms with van der Waals surface area (Å²) in [5.74, 6) is 0.955. The first kappa shape index (κ1) is 27.1. The van der Waals surface area contributed by atoms with E-state index in [2.05, 4.69) is 0 Å². The summed E-state index contributed by atoms with van der Waals surface area (Å²) in [4.78, 5) is 27.5. The lowest BCUT2D eigenvalue weighted by molar-refractivity contribution is -0.137. The highest BCUT2D eigenvalue weighted by Gasteiger charge is 2.39. The number of ether oxygens (including phenoxy) is 5. The molecule has 0 aliphatic carbocycles. The topological polar surface area (TPSA) is 110 Å². The van der Waals surface area contributed by atoms with Gasteiger partial charge in [-0.3, -0.25) is 9.59 Å². The number of hydrogen-bond donors (Lipinski definition) is 1. The van der Waals surface area contributed by atoms with E-state index in [0.717, 1.165) is 5.56 Å². The Labute approximate surface area is 225 Å². The molecule has 0 radical (unpaired) electrons. The van der Waals surface area contributed by atoms with Gasteiger partial charge in [0.25, 0.3) is 5.91 Å². The Balaban J connectivity index is 1.91. The lowest BCUT2D eigenvalue weighted by Crippen LogP contribution is -2.41. The van der Waals surface area contributed by atoms with Crippen LogP contribution in [0.3, 0.4) is 0 Å². The van der Waals surface area contributed by atoms with E-state index in [1.807, 2.05) is 12.1 Å². The van der Waals surface area contributed by atoms with Crippen LogP contribution >= 0.6 is 11.6 Å². The zero-order chi connectivity index (χ0) is 27.4. The highest BCUT2D eigenvalue weighted by Crippen LogP contribution is 2.45. The minimum Gasteiger partial charge on any atom is -0.497 e. The Kier molecular flexibility index (Phi) is 8.29. The average Bonchev–Trinajstić information content (AvgIpc) is 3.02. The van der Waals surface area contributed by atoms with Crippen LogP contribution in [0.5, 0.6) is 23.0 Å². The first-order valence-corrected chi connectivity index (χ1v) is 12.1. The number of carbonyl (C=O) groups excluding carboxylic acids is 2. The van der Waals surface area contributed by atoms with E-state index in [0.29, 0.717) is 44.8 Å². The van der Waals surface area contributed by atoms with Crippen molar-refractivity contribution in [2.45, 2.75) is 25.2 Å². The molecule has 10 heteroatoms. The van der Waals surface area contributed by atoms with E-state index < -0.39 is 24.0 Å². The van der Waals surface area contributed by atoms with Crippen LogP contribution in [0.4, 0.5) is 5.69 Å². The summed E-state index contributed by atoms with van der Waals surface area (Å²) in [7, 11) is 6.15. The third kappa shape index (κ3) is 5.34. The quantitative estimate of drug-likeness (QED) is 0.431. The van der Waals surface area contributed by atoms with Gasteiger partial charge in [0, 0.05) is 27.8 Å². The van der Waals surface area contributed by atoms with Gasteiger partial charge in [-0.05, 0) is 36.4 Å². The van der Waals surface area contributed by atoms with Crippen molar-refractivity contribution in [2.24, 2.45) is 5.73 Å². The fraction of sp³-hybridized carbons (Fsp3) is 0.286. The molecule has 2 N–H and O–H groups in total. The molecule has 2 atom stereocenters. The van der Waals surface area contributed by atoms with E-state index in [4.69, 9.17) is 41.0 Å². The van der Waals surface area contributed by atoms with Gasteiger partial charge in [-0.25, -0.2) is 0 Å².